The van der Waals surface area contributed by atoms with Gasteiger partial charge in [-0.3, -0.25) is 14.5 Å². The second kappa shape index (κ2) is 10.6. The lowest BCUT2D eigenvalue weighted by Crippen LogP contribution is -2.46. The summed E-state index contributed by atoms with van der Waals surface area (Å²) in [5.74, 6) is -0.689. The van der Waals surface area contributed by atoms with Crippen LogP contribution in [0.1, 0.15) is 48.9 Å². The quantitative estimate of drug-likeness (QED) is 0.455. The summed E-state index contributed by atoms with van der Waals surface area (Å²) in [6.07, 6.45) is 2.14. The zero-order chi connectivity index (χ0) is 24.8. The van der Waals surface area contributed by atoms with E-state index >= 15 is 0 Å². The molecule has 0 aliphatic carbocycles. The summed E-state index contributed by atoms with van der Waals surface area (Å²) < 4.78 is 0. The van der Waals surface area contributed by atoms with Crippen LogP contribution in [0.4, 0.5) is 4.79 Å². The Balaban J connectivity index is 1.61. The van der Waals surface area contributed by atoms with Crippen LogP contribution in [0.15, 0.2) is 91.0 Å². The van der Waals surface area contributed by atoms with Crippen molar-refractivity contribution < 1.29 is 14.4 Å². The maximum absolute atomic E-state index is 13.7. The Bertz CT molecular complexity index is 1130. The molecule has 0 spiro atoms. The number of benzene rings is 3. The first-order valence-electron chi connectivity index (χ1n) is 12.0. The van der Waals surface area contributed by atoms with Crippen LogP contribution >= 0.6 is 0 Å². The molecule has 3 aromatic carbocycles. The molecule has 1 aliphatic rings. The maximum atomic E-state index is 13.7. The number of nitrogens with one attached hydrogen (secondary N) is 1. The van der Waals surface area contributed by atoms with E-state index in [0.717, 1.165) is 34.4 Å². The van der Waals surface area contributed by atoms with Crippen LogP contribution in [0, 0.1) is 0 Å². The van der Waals surface area contributed by atoms with Crippen molar-refractivity contribution in [1.82, 2.24) is 15.1 Å². The molecule has 1 unspecified atom stereocenters. The number of carbonyl (C=O) groups is 3. The van der Waals surface area contributed by atoms with Crippen molar-refractivity contribution in [2.45, 2.75) is 37.8 Å². The summed E-state index contributed by atoms with van der Waals surface area (Å²) in [6.45, 7) is 1.72. The smallest absolute Gasteiger partial charge is 0.325 e. The lowest BCUT2D eigenvalue weighted by molar-refractivity contribution is -0.139. The van der Waals surface area contributed by atoms with E-state index in [-0.39, 0.29) is 24.4 Å². The van der Waals surface area contributed by atoms with Gasteiger partial charge in [0.2, 0.25) is 5.91 Å². The Labute approximate surface area is 206 Å². The molecule has 4 amide bonds. The lowest BCUT2D eigenvalue weighted by Gasteiger charge is -2.31. The molecule has 0 radical (unpaired) electrons. The fourth-order valence-corrected chi connectivity index (χ4v) is 4.74. The number of urea groups is 1. The number of imide groups is 1. The second-order valence-corrected chi connectivity index (χ2v) is 8.92. The van der Waals surface area contributed by atoms with Crippen molar-refractivity contribution in [2.24, 2.45) is 0 Å². The fourth-order valence-electron chi connectivity index (χ4n) is 4.74. The van der Waals surface area contributed by atoms with E-state index < -0.39 is 11.6 Å². The highest BCUT2D eigenvalue weighted by Crippen LogP contribution is 2.34. The monoisotopic (exact) mass is 469 g/mol. The van der Waals surface area contributed by atoms with Crippen LogP contribution in [0.2, 0.25) is 0 Å². The predicted octanol–water partition coefficient (Wildman–Crippen LogP) is 4.87. The average molecular weight is 470 g/mol. The van der Waals surface area contributed by atoms with Gasteiger partial charge in [-0.25, -0.2) is 4.79 Å². The van der Waals surface area contributed by atoms with Crippen LogP contribution in [0.5, 0.6) is 0 Å². The molecule has 3 aromatic rings. The Morgan fingerprint density at radius 2 is 1.40 bits per heavy atom. The Morgan fingerprint density at radius 3 is 1.91 bits per heavy atom. The highest BCUT2D eigenvalue weighted by atomic mass is 16.2. The minimum Gasteiger partial charge on any atom is -0.333 e. The standard InChI is InChI=1S/C29H31N3O3/c1-3-4-20-29(24-18-12-7-13-19-24)27(34)32(28(35)30-29)21-25(33)31(2)26(22-14-8-5-9-15-22)23-16-10-6-11-17-23/h5-19,26H,3-4,20-21H2,1-2H3,(H,30,35). The molecular weight excluding hydrogens is 438 g/mol. The van der Waals surface area contributed by atoms with Gasteiger partial charge in [-0.1, -0.05) is 111 Å². The minimum atomic E-state index is -1.15. The molecule has 0 aromatic heterocycles. The van der Waals surface area contributed by atoms with Gasteiger partial charge in [-0.15, -0.1) is 0 Å². The van der Waals surface area contributed by atoms with E-state index in [0.29, 0.717) is 6.42 Å². The van der Waals surface area contributed by atoms with E-state index in [1.807, 2.05) is 97.9 Å². The van der Waals surface area contributed by atoms with Gasteiger partial charge in [0.1, 0.15) is 12.1 Å². The molecule has 6 heteroatoms. The number of amides is 4. The van der Waals surface area contributed by atoms with E-state index in [9.17, 15) is 14.4 Å². The van der Waals surface area contributed by atoms with E-state index in [1.165, 1.54) is 0 Å². The fraction of sp³-hybridized carbons (Fsp3) is 0.276. The Kier molecular flexibility index (Phi) is 7.30. The van der Waals surface area contributed by atoms with Crippen molar-refractivity contribution in [1.29, 1.82) is 0 Å². The van der Waals surface area contributed by atoms with Gasteiger partial charge in [-0.05, 0) is 23.1 Å². The summed E-state index contributed by atoms with van der Waals surface area (Å²) in [5.41, 5.74) is 1.49. The molecular formula is C29H31N3O3. The first kappa shape index (κ1) is 24.2. The van der Waals surface area contributed by atoms with Gasteiger partial charge in [-0.2, -0.15) is 0 Å². The molecule has 0 bridgehead atoms. The third-order valence-electron chi connectivity index (χ3n) is 6.65. The van der Waals surface area contributed by atoms with Gasteiger partial charge in [0, 0.05) is 7.05 Å². The summed E-state index contributed by atoms with van der Waals surface area (Å²) in [7, 11) is 1.72. The molecule has 6 nitrogen and oxygen atoms in total. The molecule has 35 heavy (non-hydrogen) atoms. The Hall–Kier alpha value is -3.93. The van der Waals surface area contributed by atoms with Crippen LogP contribution in [0.25, 0.3) is 0 Å². The molecule has 1 aliphatic heterocycles. The van der Waals surface area contributed by atoms with Crippen molar-refractivity contribution in [3.05, 3.63) is 108 Å². The molecule has 1 N–H and O–H groups in total. The topological polar surface area (TPSA) is 69.7 Å². The zero-order valence-corrected chi connectivity index (χ0v) is 20.2. The number of hydrogen-bond donors (Lipinski definition) is 1. The van der Waals surface area contributed by atoms with Crippen LogP contribution in [-0.4, -0.2) is 41.2 Å². The molecule has 1 fully saturated rings. The second-order valence-electron chi connectivity index (χ2n) is 8.92. The van der Waals surface area contributed by atoms with Crippen molar-refractivity contribution >= 4 is 17.8 Å². The van der Waals surface area contributed by atoms with Gasteiger partial charge in [0.25, 0.3) is 5.91 Å². The highest BCUT2D eigenvalue weighted by molar-refractivity contribution is 6.09. The lowest BCUT2D eigenvalue weighted by atomic mass is 9.85. The number of rotatable bonds is 9. The largest absolute Gasteiger partial charge is 0.333 e. The highest BCUT2D eigenvalue weighted by Gasteiger charge is 2.52. The van der Waals surface area contributed by atoms with Crippen LogP contribution in [0.3, 0.4) is 0 Å². The van der Waals surface area contributed by atoms with Crippen molar-refractivity contribution in [3.63, 3.8) is 0 Å². The van der Waals surface area contributed by atoms with E-state index in [1.54, 1.807) is 11.9 Å². The average Bonchev–Trinajstić information content (AvgIpc) is 3.14. The third-order valence-corrected chi connectivity index (χ3v) is 6.65. The van der Waals surface area contributed by atoms with E-state index in [2.05, 4.69) is 5.32 Å². The molecule has 1 atom stereocenters. The first-order chi connectivity index (χ1) is 17.0. The predicted molar refractivity (Wildman–Crippen MR) is 135 cm³/mol. The van der Waals surface area contributed by atoms with Gasteiger partial charge >= 0.3 is 6.03 Å². The molecule has 1 saturated heterocycles. The number of likely N-dealkylation sites (N-methyl/N-ethyl adjacent to an activating group) is 1. The summed E-state index contributed by atoms with van der Waals surface area (Å²) in [5, 5.41) is 2.92. The minimum absolute atomic E-state index is 0.314. The van der Waals surface area contributed by atoms with Gasteiger partial charge in [0.15, 0.2) is 0 Å². The van der Waals surface area contributed by atoms with Crippen molar-refractivity contribution in [3.8, 4) is 0 Å². The molecule has 4 rings (SSSR count). The Morgan fingerprint density at radius 1 is 0.886 bits per heavy atom. The number of unbranched alkanes of at least 4 members (excludes halogenated alkanes) is 1. The summed E-state index contributed by atoms with van der Waals surface area (Å²) in [6, 6.07) is 27.9. The van der Waals surface area contributed by atoms with Crippen LogP contribution in [-0.2, 0) is 15.1 Å². The number of carbonyl (C=O) groups excluding carboxylic acids is 3. The van der Waals surface area contributed by atoms with E-state index in [4.69, 9.17) is 0 Å². The normalized spacial score (nSPS) is 17.5. The third kappa shape index (κ3) is 4.83. The molecule has 1 heterocycles. The number of nitrogens with zero attached hydrogens (tertiary/aromatic N) is 2. The van der Waals surface area contributed by atoms with Gasteiger partial charge in [0.05, 0.1) is 6.04 Å². The number of hydrogen-bond acceptors (Lipinski definition) is 3. The molecule has 0 saturated carbocycles. The van der Waals surface area contributed by atoms with Crippen LogP contribution < -0.4 is 5.32 Å². The zero-order valence-electron chi connectivity index (χ0n) is 20.2. The first-order valence-corrected chi connectivity index (χ1v) is 12.0. The maximum Gasteiger partial charge on any atom is 0.325 e. The van der Waals surface area contributed by atoms with Crippen molar-refractivity contribution in [2.75, 3.05) is 13.6 Å². The van der Waals surface area contributed by atoms with Gasteiger partial charge < -0.3 is 10.2 Å². The summed E-state index contributed by atoms with van der Waals surface area (Å²) in [4.78, 5) is 42.9. The SMILES string of the molecule is CCCCC1(c2ccccc2)NC(=O)N(CC(=O)N(C)C(c2ccccc2)c2ccccc2)C1=O. The summed E-state index contributed by atoms with van der Waals surface area (Å²) >= 11 is 0. The molecule has 180 valence electrons.